The van der Waals surface area contributed by atoms with E-state index in [9.17, 15) is 9.59 Å². The average molecular weight is 464 g/mol. The van der Waals surface area contributed by atoms with Gasteiger partial charge in [0.05, 0.1) is 24.2 Å². The summed E-state index contributed by atoms with van der Waals surface area (Å²) in [6, 6.07) is 11.1. The SMILES string of the molecule is COCCNC(=O)c1ccc2nc(NC(=O)c3csc(-c4ccc5c(c4)CCO5)n3)[nH]c2c1. The van der Waals surface area contributed by atoms with Gasteiger partial charge in [0.25, 0.3) is 11.8 Å². The third-order valence-electron chi connectivity index (χ3n) is 5.24. The van der Waals surface area contributed by atoms with Crippen LogP contribution in [0, 0.1) is 0 Å². The lowest BCUT2D eigenvalue weighted by Crippen LogP contribution is -2.26. The van der Waals surface area contributed by atoms with E-state index in [2.05, 4.69) is 31.7 Å². The molecule has 5 rings (SSSR count). The third-order valence-corrected chi connectivity index (χ3v) is 6.13. The van der Waals surface area contributed by atoms with E-state index in [0.717, 1.165) is 28.3 Å². The number of aromatic amines is 1. The molecular formula is C23H21N5O4S. The van der Waals surface area contributed by atoms with Crippen molar-refractivity contribution in [2.75, 3.05) is 32.2 Å². The van der Waals surface area contributed by atoms with Gasteiger partial charge in [-0.2, -0.15) is 0 Å². The summed E-state index contributed by atoms with van der Waals surface area (Å²) in [5.74, 6) is 0.630. The number of imidazole rings is 1. The van der Waals surface area contributed by atoms with Crippen LogP contribution in [-0.4, -0.2) is 53.6 Å². The molecule has 1 aliphatic heterocycles. The van der Waals surface area contributed by atoms with Gasteiger partial charge in [0.2, 0.25) is 5.95 Å². The first-order valence-electron chi connectivity index (χ1n) is 10.4. The maximum absolute atomic E-state index is 12.7. The number of amides is 2. The zero-order valence-electron chi connectivity index (χ0n) is 17.8. The molecule has 168 valence electrons. The van der Waals surface area contributed by atoms with Gasteiger partial charge >= 0.3 is 0 Å². The molecule has 0 atom stereocenters. The fourth-order valence-electron chi connectivity index (χ4n) is 3.58. The highest BCUT2D eigenvalue weighted by molar-refractivity contribution is 7.13. The number of H-pyrrole nitrogens is 1. The maximum atomic E-state index is 12.7. The Morgan fingerprint density at radius 1 is 1.18 bits per heavy atom. The van der Waals surface area contributed by atoms with Crippen LogP contribution in [0.15, 0.2) is 41.8 Å². The number of nitrogens with one attached hydrogen (secondary N) is 3. The number of anilines is 1. The number of benzene rings is 2. The van der Waals surface area contributed by atoms with Gasteiger partial charge in [0.1, 0.15) is 16.5 Å². The Bertz CT molecular complexity index is 1350. The molecule has 0 bridgehead atoms. The molecule has 3 heterocycles. The van der Waals surface area contributed by atoms with Gasteiger partial charge in [-0.3, -0.25) is 14.9 Å². The van der Waals surface area contributed by atoms with E-state index in [0.29, 0.717) is 42.0 Å². The monoisotopic (exact) mass is 463 g/mol. The highest BCUT2D eigenvalue weighted by atomic mass is 32.1. The second-order valence-electron chi connectivity index (χ2n) is 7.48. The highest BCUT2D eigenvalue weighted by Gasteiger charge is 2.17. The number of aromatic nitrogens is 3. The number of carbonyl (C=O) groups is 2. The molecule has 2 aromatic carbocycles. The Hall–Kier alpha value is -3.76. The quantitative estimate of drug-likeness (QED) is 0.362. The van der Waals surface area contributed by atoms with Crippen molar-refractivity contribution in [2.24, 2.45) is 0 Å². The van der Waals surface area contributed by atoms with Crippen molar-refractivity contribution in [1.29, 1.82) is 0 Å². The first-order valence-corrected chi connectivity index (χ1v) is 11.3. The summed E-state index contributed by atoms with van der Waals surface area (Å²) in [5.41, 5.74) is 4.20. The molecule has 0 spiro atoms. The van der Waals surface area contributed by atoms with Crippen molar-refractivity contribution in [3.63, 3.8) is 0 Å². The van der Waals surface area contributed by atoms with Gasteiger partial charge in [-0.25, -0.2) is 9.97 Å². The largest absolute Gasteiger partial charge is 0.493 e. The molecule has 0 saturated heterocycles. The summed E-state index contributed by atoms with van der Waals surface area (Å²) in [6.45, 7) is 1.56. The highest BCUT2D eigenvalue weighted by Crippen LogP contribution is 2.32. The minimum Gasteiger partial charge on any atom is -0.493 e. The Morgan fingerprint density at radius 3 is 2.97 bits per heavy atom. The van der Waals surface area contributed by atoms with Crippen LogP contribution in [0.5, 0.6) is 5.75 Å². The number of hydrogen-bond acceptors (Lipinski definition) is 7. The van der Waals surface area contributed by atoms with Crippen LogP contribution in [0.25, 0.3) is 21.6 Å². The zero-order valence-corrected chi connectivity index (χ0v) is 18.6. The smallest absolute Gasteiger partial charge is 0.277 e. The molecule has 3 N–H and O–H groups in total. The molecule has 0 radical (unpaired) electrons. The Kier molecular flexibility index (Phi) is 5.76. The van der Waals surface area contributed by atoms with E-state index in [4.69, 9.17) is 9.47 Å². The topological polar surface area (TPSA) is 118 Å². The molecule has 0 saturated carbocycles. The summed E-state index contributed by atoms with van der Waals surface area (Å²) >= 11 is 1.41. The third kappa shape index (κ3) is 4.43. The van der Waals surface area contributed by atoms with E-state index >= 15 is 0 Å². The van der Waals surface area contributed by atoms with Crippen LogP contribution in [0.3, 0.4) is 0 Å². The number of rotatable bonds is 7. The number of hydrogen-bond donors (Lipinski definition) is 3. The zero-order chi connectivity index (χ0) is 22.8. The summed E-state index contributed by atoms with van der Waals surface area (Å²) in [4.78, 5) is 36.9. The Labute approximate surface area is 193 Å². The molecule has 2 aromatic heterocycles. The molecule has 0 aliphatic carbocycles. The van der Waals surface area contributed by atoms with E-state index < -0.39 is 0 Å². The molecule has 10 heteroatoms. The van der Waals surface area contributed by atoms with Crippen molar-refractivity contribution in [1.82, 2.24) is 20.3 Å². The predicted octanol–water partition coefficient (Wildman–Crippen LogP) is 3.25. The Morgan fingerprint density at radius 2 is 2.09 bits per heavy atom. The fraction of sp³-hybridized carbons (Fsp3) is 0.217. The minimum atomic E-state index is -0.362. The van der Waals surface area contributed by atoms with E-state index in [1.54, 1.807) is 30.7 Å². The molecule has 0 unspecified atom stereocenters. The molecule has 2 amide bonds. The molecule has 4 aromatic rings. The van der Waals surface area contributed by atoms with Crippen molar-refractivity contribution in [3.05, 3.63) is 58.6 Å². The van der Waals surface area contributed by atoms with E-state index in [1.165, 1.54) is 11.3 Å². The number of ether oxygens (including phenoxy) is 2. The molecule has 33 heavy (non-hydrogen) atoms. The molecular weight excluding hydrogens is 442 g/mol. The second-order valence-corrected chi connectivity index (χ2v) is 8.34. The number of fused-ring (bicyclic) bond motifs is 2. The first kappa shape index (κ1) is 21.1. The van der Waals surface area contributed by atoms with Gasteiger partial charge in [-0.15, -0.1) is 11.3 Å². The van der Waals surface area contributed by atoms with Gasteiger partial charge < -0.3 is 19.8 Å². The van der Waals surface area contributed by atoms with Crippen molar-refractivity contribution >= 4 is 40.1 Å². The van der Waals surface area contributed by atoms with Gasteiger partial charge in [0, 0.05) is 36.6 Å². The molecule has 1 aliphatic rings. The fourth-order valence-corrected chi connectivity index (χ4v) is 4.38. The summed E-state index contributed by atoms with van der Waals surface area (Å²) in [7, 11) is 1.58. The van der Waals surface area contributed by atoms with Crippen molar-refractivity contribution < 1.29 is 19.1 Å². The number of thiazole rings is 1. The standard InChI is InChI=1S/C23H21N5O4S/c1-31-9-7-24-20(29)14-2-4-16-17(11-14)27-23(26-16)28-21(30)18-12-33-22(25-18)15-3-5-19-13(10-15)6-8-32-19/h2-5,10-12H,6-9H2,1H3,(H,24,29)(H2,26,27,28,30). The van der Waals surface area contributed by atoms with E-state index in [-0.39, 0.29) is 17.8 Å². The second kappa shape index (κ2) is 9.00. The minimum absolute atomic E-state index is 0.206. The molecule has 0 fully saturated rings. The number of methoxy groups -OCH3 is 1. The van der Waals surface area contributed by atoms with Gasteiger partial charge in [-0.05, 0) is 42.0 Å². The first-order chi connectivity index (χ1) is 16.1. The van der Waals surface area contributed by atoms with E-state index in [1.807, 2.05) is 12.1 Å². The van der Waals surface area contributed by atoms with Crippen LogP contribution in [-0.2, 0) is 11.2 Å². The summed E-state index contributed by atoms with van der Waals surface area (Å²) in [6.07, 6.45) is 0.879. The van der Waals surface area contributed by atoms with Gasteiger partial charge in [0.15, 0.2) is 0 Å². The lowest BCUT2D eigenvalue weighted by atomic mass is 10.1. The van der Waals surface area contributed by atoms with Crippen LogP contribution in [0.1, 0.15) is 26.4 Å². The van der Waals surface area contributed by atoms with Crippen LogP contribution >= 0.6 is 11.3 Å². The Balaban J connectivity index is 1.29. The lowest BCUT2D eigenvalue weighted by molar-refractivity contribution is 0.0936. The normalized spacial score (nSPS) is 12.4. The van der Waals surface area contributed by atoms with Gasteiger partial charge in [-0.1, -0.05) is 0 Å². The average Bonchev–Trinajstić information content (AvgIpc) is 3.56. The predicted molar refractivity (Wildman–Crippen MR) is 125 cm³/mol. The summed E-state index contributed by atoms with van der Waals surface area (Å²) < 4.78 is 10.5. The van der Waals surface area contributed by atoms with Crippen LogP contribution < -0.4 is 15.4 Å². The van der Waals surface area contributed by atoms with Crippen LogP contribution in [0.2, 0.25) is 0 Å². The number of carbonyl (C=O) groups excluding carboxylic acids is 2. The lowest BCUT2D eigenvalue weighted by Gasteiger charge is -2.04. The molecule has 9 nitrogen and oxygen atoms in total. The van der Waals surface area contributed by atoms with Crippen LogP contribution in [0.4, 0.5) is 5.95 Å². The maximum Gasteiger partial charge on any atom is 0.277 e. The summed E-state index contributed by atoms with van der Waals surface area (Å²) in [5, 5.41) is 8.01. The number of nitrogens with zero attached hydrogens (tertiary/aromatic N) is 2. The van der Waals surface area contributed by atoms with Crippen molar-refractivity contribution in [3.8, 4) is 16.3 Å². The van der Waals surface area contributed by atoms with Crippen molar-refractivity contribution in [2.45, 2.75) is 6.42 Å².